The fraction of sp³-hybridized carbons (Fsp3) is 0.421. The molecule has 3 rings (SSSR count). The van der Waals surface area contributed by atoms with Crippen molar-refractivity contribution in [2.24, 2.45) is 0 Å². The van der Waals surface area contributed by atoms with Crippen LogP contribution in [0.5, 0.6) is 0 Å². The molecule has 122 valence electrons. The molecule has 4 heteroatoms. The van der Waals surface area contributed by atoms with E-state index in [1.165, 1.54) is 11.3 Å². The van der Waals surface area contributed by atoms with Gasteiger partial charge in [0.05, 0.1) is 23.6 Å². The maximum Gasteiger partial charge on any atom is 0.0726 e. The second-order valence-electron chi connectivity index (χ2n) is 6.28. The van der Waals surface area contributed by atoms with E-state index < -0.39 is 0 Å². The second-order valence-corrected chi connectivity index (χ2v) is 6.28. The lowest BCUT2D eigenvalue weighted by atomic mass is 10.1. The summed E-state index contributed by atoms with van der Waals surface area (Å²) in [6.45, 7) is 8.96. The third-order valence-corrected chi connectivity index (χ3v) is 4.25. The molecule has 1 fully saturated rings. The van der Waals surface area contributed by atoms with E-state index in [9.17, 15) is 0 Å². The van der Waals surface area contributed by atoms with E-state index in [0.29, 0.717) is 0 Å². The van der Waals surface area contributed by atoms with Crippen molar-refractivity contribution in [2.75, 3.05) is 23.3 Å². The van der Waals surface area contributed by atoms with E-state index in [4.69, 9.17) is 4.74 Å². The van der Waals surface area contributed by atoms with Crippen LogP contribution in [0.4, 0.5) is 11.4 Å². The van der Waals surface area contributed by atoms with E-state index in [1.807, 2.05) is 19.2 Å². The largest absolute Gasteiger partial charge is 0.379 e. The zero-order valence-corrected chi connectivity index (χ0v) is 14.1. The number of hydrogen-bond donors (Lipinski definition) is 1. The summed E-state index contributed by atoms with van der Waals surface area (Å²) in [6.07, 6.45) is 2.35. The van der Waals surface area contributed by atoms with Crippen molar-refractivity contribution < 1.29 is 4.74 Å². The van der Waals surface area contributed by atoms with E-state index >= 15 is 0 Å². The van der Waals surface area contributed by atoms with Gasteiger partial charge >= 0.3 is 0 Å². The molecule has 0 saturated carbocycles. The van der Waals surface area contributed by atoms with Gasteiger partial charge in [-0.1, -0.05) is 18.2 Å². The maximum atomic E-state index is 5.85. The topological polar surface area (TPSA) is 37.4 Å². The maximum absolute atomic E-state index is 5.85. The lowest BCUT2D eigenvalue weighted by Crippen LogP contribution is -2.45. The molecule has 1 aromatic heterocycles. The van der Waals surface area contributed by atoms with Crippen LogP contribution in [-0.2, 0) is 11.3 Å². The molecule has 0 radical (unpaired) electrons. The van der Waals surface area contributed by atoms with Gasteiger partial charge in [0.1, 0.15) is 0 Å². The number of nitrogens with zero attached hydrogens (tertiary/aromatic N) is 2. The Kier molecular flexibility index (Phi) is 4.82. The van der Waals surface area contributed by atoms with Crippen LogP contribution in [0.15, 0.2) is 42.6 Å². The molecule has 2 heterocycles. The van der Waals surface area contributed by atoms with E-state index in [-0.39, 0.29) is 12.2 Å². The molecule has 0 amide bonds. The quantitative estimate of drug-likeness (QED) is 0.936. The van der Waals surface area contributed by atoms with Crippen LogP contribution >= 0.6 is 0 Å². The number of hydrogen-bond acceptors (Lipinski definition) is 4. The Morgan fingerprint density at radius 3 is 2.61 bits per heavy atom. The molecule has 2 atom stereocenters. The van der Waals surface area contributed by atoms with Gasteiger partial charge in [-0.25, -0.2) is 0 Å². The first-order chi connectivity index (χ1) is 11.1. The normalized spacial score (nSPS) is 21.3. The number of benzene rings is 1. The summed E-state index contributed by atoms with van der Waals surface area (Å²) in [4.78, 5) is 6.77. The lowest BCUT2D eigenvalue weighted by molar-refractivity contribution is -0.00517. The Labute approximate surface area is 138 Å². The smallest absolute Gasteiger partial charge is 0.0726 e. The average Bonchev–Trinajstić information content (AvgIpc) is 2.53. The first-order valence-corrected chi connectivity index (χ1v) is 8.27. The van der Waals surface area contributed by atoms with Crippen molar-refractivity contribution in [1.29, 1.82) is 0 Å². The molecule has 0 spiro atoms. The number of aryl methyl sites for hydroxylation is 1. The minimum atomic E-state index is 0.257. The standard InChI is InChI=1S/C19H25N3O/c1-14-12-22(13-15(2)23-14)19-9-5-4-8-18(19)21-11-17-7-6-10-20-16(17)3/h4-10,14-15,21H,11-13H2,1-3H3/t14-,15+. The van der Waals surface area contributed by atoms with Crippen molar-refractivity contribution in [3.63, 3.8) is 0 Å². The molecule has 1 N–H and O–H groups in total. The van der Waals surface area contributed by atoms with Gasteiger partial charge in [-0.2, -0.15) is 0 Å². The van der Waals surface area contributed by atoms with Gasteiger partial charge < -0.3 is 15.0 Å². The van der Waals surface area contributed by atoms with Gasteiger partial charge in [0.25, 0.3) is 0 Å². The van der Waals surface area contributed by atoms with Crippen molar-refractivity contribution in [2.45, 2.75) is 39.5 Å². The van der Waals surface area contributed by atoms with Crippen LogP contribution in [0.2, 0.25) is 0 Å². The number of ether oxygens (including phenoxy) is 1. The van der Waals surface area contributed by atoms with Gasteiger partial charge in [0.15, 0.2) is 0 Å². The van der Waals surface area contributed by atoms with Crippen LogP contribution in [0.3, 0.4) is 0 Å². The second kappa shape index (κ2) is 7.01. The van der Waals surface area contributed by atoms with Crippen LogP contribution in [0.1, 0.15) is 25.1 Å². The number of nitrogens with one attached hydrogen (secondary N) is 1. The molecule has 0 unspecified atom stereocenters. The molecule has 1 aromatic carbocycles. The number of pyridine rings is 1. The molecular weight excluding hydrogens is 286 g/mol. The highest BCUT2D eigenvalue weighted by Crippen LogP contribution is 2.29. The number of anilines is 2. The minimum absolute atomic E-state index is 0.257. The Bertz CT molecular complexity index is 649. The fourth-order valence-electron chi connectivity index (χ4n) is 3.17. The first kappa shape index (κ1) is 15.8. The zero-order valence-electron chi connectivity index (χ0n) is 14.1. The van der Waals surface area contributed by atoms with Gasteiger partial charge in [-0.05, 0) is 44.5 Å². The van der Waals surface area contributed by atoms with Gasteiger partial charge in [-0.15, -0.1) is 0 Å². The van der Waals surface area contributed by atoms with Crippen molar-refractivity contribution in [3.8, 4) is 0 Å². The summed E-state index contributed by atoms with van der Waals surface area (Å²) in [5, 5.41) is 3.57. The summed E-state index contributed by atoms with van der Waals surface area (Å²) < 4.78 is 5.85. The third-order valence-electron chi connectivity index (χ3n) is 4.25. The molecule has 1 aliphatic heterocycles. The molecular formula is C19H25N3O. The fourth-order valence-corrected chi connectivity index (χ4v) is 3.17. The van der Waals surface area contributed by atoms with E-state index in [0.717, 1.165) is 31.0 Å². The summed E-state index contributed by atoms with van der Waals surface area (Å²) in [6, 6.07) is 12.6. The molecule has 2 aromatic rings. The van der Waals surface area contributed by atoms with Crippen LogP contribution in [0.25, 0.3) is 0 Å². The van der Waals surface area contributed by atoms with Gasteiger partial charge in [0, 0.05) is 31.5 Å². The number of para-hydroxylation sites is 2. The SMILES string of the molecule is Cc1ncccc1CNc1ccccc1N1C[C@@H](C)O[C@@H](C)C1. The van der Waals surface area contributed by atoms with Gasteiger partial charge in [0.2, 0.25) is 0 Å². The minimum Gasteiger partial charge on any atom is -0.379 e. The number of aromatic nitrogens is 1. The lowest BCUT2D eigenvalue weighted by Gasteiger charge is -2.37. The third kappa shape index (κ3) is 3.82. The zero-order chi connectivity index (χ0) is 16.2. The van der Waals surface area contributed by atoms with E-state index in [1.54, 1.807) is 0 Å². The Hall–Kier alpha value is -2.07. The summed E-state index contributed by atoms with van der Waals surface area (Å²) in [5.74, 6) is 0. The van der Waals surface area contributed by atoms with Gasteiger partial charge in [-0.3, -0.25) is 4.98 Å². The monoisotopic (exact) mass is 311 g/mol. The summed E-state index contributed by atoms with van der Waals surface area (Å²) in [5.41, 5.74) is 4.71. The highest BCUT2D eigenvalue weighted by atomic mass is 16.5. The molecule has 0 bridgehead atoms. The predicted molar refractivity (Wildman–Crippen MR) is 95.0 cm³/mol. The average molecular weight is 311 g/mol. The number of rotatable bonds is 4. The summed E-state index contributed by atoms with van der Waals surface area (Å²) in [7, 11) is 0. The first-order valence-electron chi connectivity index (χ1n) is 8.27. The Balaban J connectivity index is 1.77. The Morgan fingerprint density at radius 2 is 1.87 bits per heavy atom. The van der Waals surface area contributed by atoms with Crippen molar-refractivity contribution >= 4 is 11.4 Å². The molecule has 23 heavy (non-hydrogen) atoms. The highest BCUT2D eigenvalue weighted by Gasteiger charge is 2.23. The Morgan fingerprint density at radius 1 is 1.13 bits per heavy atom. The van der Waals surface area contributed by atoms with Crippen molar-refractivity contribution in [1.82, 2.24) is 4.98 Å². The number of morpholine rings is 1. The van der Waals surface area contributed by atoms with Crippen LogP contribution in [-0.4, -0.2) is 30.3 Å². The molecule has 1 saturated heterocycles. The van der Waals surface area contributed by atoms with E-state index in [2.05, 4.69) is 59.4 Å². The molecule has 1 aliphatic rings. The van der Waals surface area contributed by atoms with Crippen LogP contribution in [0, 0.1) is 6.92 Å². The van der Waals surface area contributed by atoms with Crippen LogP contribution < -0.4 is 10.2 Å². The molecule has 0 aliphatic carbocycles. The summed E-state index contributed by atoms with van der Waals surface area (Å²) >= 11 is 0. The highest BCUT2D eigenvalue weighted by molar-refractivity contribution is 5.70. The molecule has 4 nitrogen and oxygen atoms in total. The van der Waals surface area contributed by atoms with Crippen molar-refractivity contribution in [3.05, 3.63) is 53.9 Å². The predicted octanol–water partition coefficient (Wildman–Crippen LogP) is 3.62.